The van der Waals surface area contributed by atoms with Gasteiger partial charge in [0.2, 0.25) is 5.91 Å². The molecule has 76 valence electrons. The van der Waals surface area contributed by atoms with Crippen molar-refractivity contribution >= 4 is 34.2 Å². The van der Waals surface area contributed by atoms with Crippen molar-refractivity contribution in [1.82, 2.24) is 5.32 Å². The van der Waals surface area contributed by atoms with Gasteiger partial charge in [0.05, 0.1) is 6.04 Å². The second-order valence-corrected chi connectivity index (χ2v) is 4.25. The van der Waals surface area contributed by atoms with E-state index in [0.717, 1.165) is 9.26 Å². The highest BCUT2D eigenvalue weighted by Crippen LogP contribution is 2.11. The number of carbonyl (C=O) groups excluding carboxylic acids is 1. The molecule has 3 nitrogen and oxygen atoms in total. The van der Waals surface area contributed by atoms with Gasteiger partial charge in [-0.05, 0) is 60.8 Å². The van der Waals surface area contributed by atoms with Crippen molar-refractivity contribution in [1.29, 1.82) is 0 Å². The molecule has 0 radical (unpaired) electrons. The van der Waals surface area contributed by atoms with Gasteiger partial charge in [0.25, 0.3) is 0 Å². The summed E-state index contributed by atoms with van der Waals surface area (Å²) in [5, 5.41) is 5.70. The Hall–Kier alpha value is -0.620. The van der Waals surface area contributed by atoms with Crippen molar-refractivity contribution in [2.45, 2.75) is 13.0 Å². The van der Waals surface area contributed by atoms with E-state index in [-0.39, 0.29) is 11.9 Å². The molecular formula is C10H13IN2O. The standard InChI is InChI=1S/C10H13IN2O/c1-7(12-2)10(14)13-9-5-3-8(11)4-6-9/h3-7,12H,1-2H3,(H,13,14). The summed E-state index contributed by atoms with van der Waals surface area (Å²) < 4.78 is 1.15. The smallest absolute Gasteiger partial charge is 0.241 e. The second-order valence-electron chi connectivity index (χ2n) is 3.01. The molecule has 0 fully saturated rings. The molecule has 2 N–H and O–H groups in total. The van der Waals surface area contributed by atoms with Crippen LogP contribution in [0.15, 0.2) is 24.3 Å². The molecule has 4 heteroatoms. The molecule has 0 saturated carbocycles. The van der Waals surface area contributed by atoms with E-state index < -0.39 is 0 Å². The lowest BCUT2D eigenvalue weighted by molar-refractivity contribution is -0.117. The molecule has 0 bridgehead atoms. The first kappa shape index (κ1) is 11.5. The van der Waals surface area contributed by atoms with E-state index >= 15 is 0 Å². The van der Waals surface area contributed by atoms with Gasteiger partial charge < -0.3 is 10.6 Å². The van der Waals surface area contributed by atoms with Crippen LogP contribution in [0.4, 0.5) is 5.69 Å². The average molecular weight is 304 g/mol. The minimum Gasteiger partial charge on any atom is -0.325 e. The van der Waals surface area contributed by atoms with Crippen LogP contribution in [-0.4, -0.2) is 19.0 Å². The van der Waals surface area contributed by atoms with E-state index in [4.69, 9.17) is 0 Å². The molecule has 1 aromatic rings. The van der Waals surface area contributed by atoms with Crippen LogP contribution in [0.2, 0.25) is 0 Å². The number of likely N-dealkylation sites (N-methyl/N-ethyl adjacent to an activating group) is 1. The van der Waals surface area contributed by atoms with Gasteiger partial charge in [-0.3, -0.25) is 4.79 Å². The number of hydrogen-bond acceptors (Lipinski definition) is 2. The lowest BCUT2D eigenvalue weighted by atomic mass is 10.3. The van der Waals surface area contributed by atoms with Crippen molar-refractivity contribution < 1.29 is 4.79 Å². The molecule has 1 aromatic carbocycles. The van der Waals surface area contributed by atoms with E-state index in [9.17, 15) is 4.79 Å². The van der Waals surface area contributed by atoms with Crippen molar-refractivity contribution in [2.75, 3.05) is 12.4 Å². The molecule has 14 heavy (non-hydrogen) atoms. The van der Waals surface area contributed by atoms with E-state index in [1.165, 1.54) is 0 Å². The molecule has 0 aromatic heterocycles. The lowest BCUT2D eigenvalue weighted by Gasteiger charge is -2.10. The maximum atomic E-state index is 11.5. The fourth-order valence-corrected chi connectivity index (χ4v) is 1.27. The Bertz CT molecular complexity index is 310. The van der Waals surface area contributed by atoms with Crippen molar-refractivity contribution in [2.24, 2.45) is 0 Å². The van der Waals surface area contributed by atoms with E-state index in [1.807, 2.05) is 31.2 Å². The summed E-state index contributed by atoms with van der Waals surface area (Å²) in [4.78, 5) is 11.5. The Balaban J connectivity index is 2.60. The predicted octanol–water partition coefficient (Wildman–Crippen LogP) is 1.84. The van der Waals surface area contributed by atoms with Gasteiger partial charge >= 0.3 is 0 Å². The first-order valence-corrected chi connectivity index (χ1v) is 5.45. The van der Waals surface area contributed by atoms with Crippen LogP contribution in [0.1, 0.15) is 6.92 Å². The van der Waals surface area contributed by atoms with Gasteiger partial charge in [-0.15, -0.1) is 0 Å². The first-order valence-electron chi connectivity index (χ1n) is 4.37. The summed E-state index contributed by atoms with van der Waals surface area (Å²) in [7, 11) is 1.76. The van der Waals surface area contributed by atoms with Crippen LogP contribution in [0, 0.1) is 3.57 Å². The van der Waals surface area contributed by atoms with Crippen molar-refractivity contribution in [3.8, 4) is 0 Å². The summed E-state index contributed by atoms with van der Waals surface area (Å²) in [6.45, 7) is 1.82. The topological polar surface area (TPSA) is 41.1 Å². The normalized spacial score (nSPS) is 12.2. The zero-order chi connectivity index (χ0) is 10.6. The Morgan fingerprint density at radius 3 is 2.43 bits per heavy atom. The summed E-state index contributed by atoms with van der Waals surface area (Å²) in [5.41, 5.74) is 0.831. The van der Waals surface area contributed by atoms with Gasteiger partial charge in [-0.2, -0.15) is 0 Å². The monoisotopic (exact) mass is 304 g/mol. The van der Waals surface area contributed by atoms with Gasteiger partial charge in [-0.1, -0.05) is 0 Å². The van der Waals surface area contributed by atoms with Crippen LogP contribution in [-0.2, 0) is 4.79 Å². The summed E-state index contributed by atoms with van der Waals surface area (Å²) in [5.74, 6) is -0.0197. The van der Waals surface area contributed by atoms with E-state index in [2.05, 4.69) is 33.2 Å². The third-order valence-corrected chi connectivity index (χ3v) is 2.66. The Morgan fingerprint density at radius 2 is 1.93 bits per heavy atom. The minimum absolute atomic E-state index is 0.0197. The van der Waals surface area contributed by atoms with E-state index in [0.29, 0.717) is 0 Å². The highest BCUT2D eigenvalue weighted by molar-refractivity contribution is 14.1. The zero-order valence-electron chi connectivity index (χ0n) is 8.17. The lowest BCUT2D eigenvalue weighted by Crippen LogP contribution is -2.35. The third-order valence-electron chi connectivity index (χ3n) is 1.94. The molecule has 0 spiro atoms. The van der Waals surface area contributed by atoms with Crippen LogP contribution in [0.3, 0.4) is 0 Å². The largest absolute Gasteiger partial charge is 0.325 e. The average Bonchev–Trinajstić information content (AvgIpc) is 2.20. The van der Waals surface area contributed by atoms with Gasteiger partial charge in [0.1, 0.15) is 0 Å². The first-order chi connectivity index (χ1) is 6.63. The Labute approximate surface area is 97.4 Å². The van der Waals surface area contributed by atoms with Crippen molar-refractivity contribution in [3.63, 3.8) is 0 Å². The summed E-state index contributed by atoms with van der Waals surface area (Å²) >= 11 is 2.23. The maximum absolute atomic E-state index is 11.5. The summed E-state index contributed by atoms with van der Waals surface area (Å²) in [6.07, 6.45) is 0. The minimum atomic E-state index is -0.172. The number of amides is 1. The molecule has 0 saturated heterocycles. The van der Waals surface area contributed by atoms with Crippen LogP contribution in [0.5, 0.6) is 0 Å². The zero-order valence-corrected chi connectivity index (χ0v) is 10.3. The molecule has 1 rings (SSSR count). The van der Waals surface area contributed by atoms with Crippen LogP contribution in [0.25, 0.3) is 0 Å². The number of halogens is 1. The molecule has 0 aliphatic heterocycles. The SMILES string of the molecule is CNC(C)C(=O)Nc1ccc(I)cc1. The van der Waals surface area contributed by atoms with Gasteiger partial charge in [0.15, 0.2) is 0 Å². The Morgan fingerprint density at radius 1 is 1.36 bits per heavy atom. The molecule has 1 amide bonds. The van der Waals surface area contributed by atoms with Gasteiger partial charge in [-0.25, -0.2) is 0 Å². The molecule has 0 aliphatic rings. The van der Waals surface area contributed by atoms with Crippen LogP contribution < -0.4 is 10.6 Å². The highest BCUT2D eigenvalue weighted by atomic mass is 127. The molecule has 1 atom stereocenters. The molecule has 0 aliphatic carbocycles. The summed E-state index contributed by atoms with van der Waals surface area (Å²) in [6, 6.07) is 7.53. The number of carbonyl (C=O) groups is 1. The Kier molecular flexibility index (Phi) is 4.34. The van der Waals surface area contributed by atoms with Crippen LogP contribution >= 0.6 is 22.6 Å². The maximum Gasteiger partial charge on any atom is 0.241 e. The van der Waals surface area contributed by atoms with Crippen molar-refractivity contribution in [3.05, 3.63) is 27.8 Å². The molecular weight excluding hydrogens is 291 g/mol. The quantitative estimate of drug-likeness (QED) is 0.837. The fourth-order valence-electron chi connectivity index (χ4n) is 0.915. The van der Waals surface area contributed by atoms with Gasteiger partial charge in [0, 0.05) is 9.26 Å². The van der Waals surface area contributed by atoms with E-state index in [1.54, 1.807) is 7.05 Å². The molecule has 0 heterocycles. The third kappa shape index (κ3) is 3.26. The molecule has 1 unspecified atom stereocenters. The predicted molar refractivity (Wildman–Crippen MR) is 66.3 cm³/mol. The number of anilines is 1. The number of nitrogens with one attached hydrogen (secondary N) is 2. The second kappa shape index (κ2) is 5.31. The number of benzene rings is 1. The number of hydrogen-bond donors (Lipinski definition) is 2. The number of rotatable bonds is 3. The highest BCUT2D eigenvalue weighted by Gasteiger charge is 2.09. The fraction of sp³-hybridized carbons (Fsp3) is 0.300.